The zero-order chi connectivity index (χ0) is 19.0. The number of aromatic carboxylic acids is 1. The Kier molecular flexibility index (Phi) is 4.59. The summed E-state index contributed by atoms with van der Waals surface area (Å²) in [4.78, 5) is 14.2. The van der Waals surface area contributed by atoms with Crippen LogP contribution >= 0.6 is 0 Å². The molecule has 1 aliphatic rings. The molecule has 3 aromatic rings. The zero-order valence-corrected chi connectivity index (χ0v) is 15.2. The molecular weight excluding hydrogens is 344 g/mol. The summed E-state index contributed by atoms with van der Waals surface area (Å²) in [5, 5.41) is 21.0. The molecular formula is C21H22N2O4. The van der Waals surface area contributed by atoms with Gasteiger partial charge in [-0.3, -0.25) is 4.90 Å². The molecule has 2 heterocycles. The SMILES string of the molecule is Cn1c(CN2CCOCC2)c(C(=O)O)c2cc(O)c(-c3ccccc3)cc21. The molecule has 1 saturated heterocycles. The standard InChI is InChI=1S/C21H22N2O4/c1-22-17-11-15(14-5-3-2-4-6-14)19(24)12-16(17)20(21(25)26)18(22)13-23-7-9-27-10-8-23/h2-6,11-12,24H,7-10,13H2,1H3,(H,25,26). The molecule has 1 aliphatic heterocycles. The topological polar surface area (TPSA) is 74.9 Å². The second kappa shape index (κ2) is 7.06. The smallest absolute Gasteiger partial charge is 0.338 e. The van der Waals surface area contributed by atoms with Crippen molar-refractivity contribution >= 4 is 16.9 Å². The minimum Gasteiger partial charge on any atom is -0.507 e. The molecule has 4 rings (SSSR count). The van der Waals surface area contributed by atoms with Crippen LogP contribution < -0.4 is 0 Å². The fraction of sp³-hybridized carbons (Fsp3) is 0.286. The van der Waals surface area contributed by atoms with Gasteiger partial charge in [-0.15, -0.1) is 0 Å². The molecule has 6 heteroatoms. The number of aromatic nitrogens is 1. The summed E-state index contributed by atoms with van der Waals surface area (Å²) in [5.74, 6) is -0.893. The van der Waals surface area contributed by atoms with E-state index in [9.17, 15) is 15.0 Å². The third-order valence-electron chi connectivity index (χ3n) is 5.21. The number of phenols is 1. The first-order valence-electron chi connectivity index (χ1n) is 8.99. The van der Waals surface area contributed by atoms with Crippen molar-refractivity contribution in [3.05, 3.63) is 53.7 Å². The second-order valence-corrected chi connectivity index (χ2v) is 6.83. The number of nitrogens with zero attached hydrogens (tertiary/aromatic N) is 2. The van der Waals surface area contributed by atoms with Crippen LogP contribution in [0, 0.1) is 0 Å². The number of hydrogen-bond donors (Lipinski definition) is 2. The predicted octanol–water partition coefficient (Wildman–Crippen LogP) is 3.08. The van der Waals surface area contributed by atoms with Gasteiger partial charge in [-0.1, -0.05) is 30.3 Å². The Labute approximate surface area is 157 Å². The van der Waals surface area contributed by atoms with Crippen LogP contribution in [0.1, 0.15) is 16.1 Å². The fourth-order valence-corrected chi connectivity index (χ4v) is 3.77. The number of rotatable bonds is 4. The molecule has 0 bridgehead atoms. The molecule has 0 atom stereocenters. The van der Waals surface area contributed by atoms with Gasteiger partial charge in [0.15, 0.2) is 0 Å². The Morgan fingerprint density at radius 2 is 1.85 bits per heavy atom. The highest BCUT2D eigenvalue weighted by Crippen LogP contribution is 2.37. The Morgan fingerprint density at radius 3 is 2.52 bits per heavy atom. The van der Waals surface area contributed by atoms with Gasteiger partial charge in [-0.25, -0.2) is 4.79 Å². The quantitative estimate of drug-likeness (QED) is 0.742. The number of ether oxygens (including phenoxy) is 1. The number of carbonyl (C=O) groups is 1. The van der Waals surface area contributed by atoms with Crippen molar-refractivity contribution in [1.29, 1.82) is 0 Å². The molecule has 2 aromatic carbocycles. The summed E-state index contributed by atoms with van der Waals surface area (Å²) in [5.41, 5.74) is 3.38. The number of benzene rings is 2. The summed E-state index contributed by atoms with van der Waals surface area (Å²) in [7, 11) is 1.89. The van der Waals surface area contributed by atoms with Crippen LogP contribution in [0.5, 0.6) is 5.75 Å². The van der Waals surface area contributed by atoms with E-state index in [1.54, 1.807) is 6.07 Å². The molecule has 0 radical (unpaired) electrons. The first kappa shape index (κ1) is 17.6. The minimum atomic E-state index is -0.976. The van der Waals surface area contributed by atoms with E-state index in [0.717, 1.165) is 29.9 Å². The zero-order valence-electron chi connectivity index (χ0n) is 15.2. The van der Waals surface area contributed by atoms with Gasteiger partial charge in [0.1, 0.15) is 5.75 Å². The highest BCUT2D eigenvalue weighted by Gasteiger charge is 2.24. The number of carboxylic acid groups (broad SMARTS) is 1. The summed E-state index contributed by atoms with van der Waals surface area (Å²) in [6.45, 7) is 3.41. The van der Waals surface area contributed by atoms with Gasteiger partial charge in [0.2, 0.25) is 0 Å². The van der Waals surface area contributed by atoms with Crippen LogP contribution in [-0.2, 0) is 18.3 Å². The maximum absolute atomic E-state index is 12.0. The van der Waals surface area contributed by atoms with Gasteiger partial charge < -0.3 is 19.5 Å². The number of carboxylic acids is 1. The average Bonchev–Trinajstić information content (AvgIpc) is 2.94. The maximum atomic E-state index is 12.0. The second-order valence-electron chi connectivity index (χ2n) is 6.83. The molecule has 0 aliphatic carbocycles. The lowest BCUT2D eigenvalue weighted by Gasteiger charge is -2.27. The van der Waals surface area contributed by atoms with Crippen LogP contribution in [-0.4, -0.2) is 52.0 Å². The Bertz CT molecular complexity index is 989. The number of hydrogen-bond acceptors (Lipinski definition) is 4. The van der Waals surface area contributed by atoms with E-state index in [1.165, 1.54) is 0 Å². The van der Waals surface area contributed by atoms with Gasteiger partial charge in [0, 0.05) is 48.8 Å². The number of fused-ring (bicyclic) bond motifs is 1. The predicted molar refractivity (Wildman–Crippen MR) is 103 cm³/mol. The van der Waals surface area contributed by atoms with Crippen molar-refractivity contribution in [2.45, 2.75) is 6.54 Å². The van der Waals surface area contributed by atoms with Crippen molar-refractivity contribution in [3.8, 4) is 16.9 Å². The van der Waals surface area contributed by atoms with Gasteiger partial charge in [-0.2, -0.15) is 0 Å². The molecule has 6 nitrogen and oxygen atoms in total. The Morgan fingerprint density at radius 1 is 1.15 bits per heavy atom. The monoisotopic (exact) mass is 366 g/mol. The minimum absolute atomic E-state index is 0.0831. The highest BCUT2D eigenvalue weighted by molar-refractivity contribution is 6.06. The lowest BCUT2D eigenvalue weighted by Crippen LogP contribution is -2.36. The van der Waals surface area contributed by atoms with Crippen molar-refractivity contribution in [2.75, 3.05) is 26.3 Å². The largest absolute Gasteiger partial charge is 0.507 e. The number of morpholine rings is 1. The van der Waals surface area contributed by atoms with Crippen LogP contribution in [0.15, 0.2) is 42.5 Å². The number of phenolic OH excluding ortho intramolecular Hbond substituents is 1. The van der Waals surface area contributed by atoms with Crippen LogP contribution in [0.25, 0.3) is 22.0 Å². The van der Waals surface area contributed by atoms with Crippen molar-refractivity contribution in [2.24, 2.45) is 7.05 Å². The van der Waals surface area contributed by atoms with Crippen LogP contribution in [0.2, 0.25) is 0 Å². The Hall–Kier alpha value is -2.83. The molecule has 27 heavy (non-hydrogen) atoms. The van der Waals surface area contributed by atoms with E-state index < -0.39 is 5.97 Å². The molecule has 0 amide bonds. The molecule has 0 spiro atoms. The Balaban J connectivity index is 1.87. The molecule has 1 aromatic heterocycles. The van der Waals surface area contributed by atoms with Gasteiger partial charge in [0.05, 0.1) is 18.8 Å². The van der Waals surface area contributed by atoms with Gasteiger partial charge in [-0.05, 0) is 17.7 Å². The summed E-state index contributed by atoms with van der Waals surface area (Å²) in [6.07, 6.45) is 0. The maximum Gasteiger partial charge on any atom is 0.338 e. The first-order chi connectivity index (χ1) is 13.1. The summed E-state index contributed by atoms with van der Waals surface area (Å²) >= 11 is 0. The van der Waals surface area contributed by atoms with E-state index in [-0.39, 0.29) is 11.3 Å². The van der Waals surface area contributed by atoms with Gasteiger partial charge in [0.25, 0.3) is 0 Å². The van der Waals surface area contributed by atoms with Crippen LogP contribution in [0.4, 0.5) is 0 Å². The van der Waals surface area contributed by atoms with E-state index >= 15 is 0 Å². The van der Waals surface area contributed by atoms with Crippen LogP contribution in [0.3, 0.4) is 0 Å². The van der Waals surface area contributed by atoms with E-state index in [2.05, 4.69) is 4.90 Å². The molecule has 0 unspecified atom stereocenters. The lowest BCUT2D eigenvalue weighted by atomic mass is 10.0. The average molecular weight is 366 g/mol. The van der Waals surface area contributed by atoms with Gasteiger partial charge >= 0.3 is 5.97 Å². The van der Waals surface area contributed by atoms with Crippen molar-refractivity contribution in [3.63, 3.8) is 0 Å². The highest BCUT2D eigenvalue weighted by atomic mass is 16.5. The molecule has 1 fully saturated rings. The fourth-order valence-electron chi connectivity index (χ4n) is 3.77. The van der Waals surface area contributed by atoms with E-state index in [1.807, 2.05) is 48.0 Å². The number of aromatic hydroxyl groups is 1. The van der Waals surface area contributed by atoms with E-state index in [0.29, 0.717) is 30.7 Å². The van der Waals surface area contributed by atoms with E-state index in [4.69, 9.17) is 4.74 Å². The van der Waals surface area contributed by atoms with Crippen molar-refractivity contribution < 1.29 is 19.7 Å². The number of aryl methyl sites for hydroxylation is 1. The lowest BCUT2D eigenvalue weighted by molar-refractivity contribution is 0.0331. The summed E-state index contributed by atoms with van der Waals surface area (Å²) < 4.78 is 7.32. The van der Waals surface area contributed by atoms with Crippen molar-refractivity contribution in [1.82, 2.24) is 9.47 Å². The molecule has 0 saturated carbocycles. The third-order valence-corrected chi connectivity index (χ3v) is 5.21. The first-order valence-corrected chi connectivity index (χ1v) is 8.99. The third kappa shape index (κ3) is 3.18. The molecule has 2 N–H and O–H groups in total. The normalized spacial score (nSPS) is 15.3. The molecule has 140 valence electrons. The summed E-state index contributed by atoms with van der Waals surface area (Å²) in [6, 6.07) is 13.0.